The van der Waals surface area contributed by atoms with Crippen molar-refractivity contribution >= 4 is 0 Å². The maximum absolute atomic E-state index is 2.51. The fourth-order valence-electron chi connectivity index (χ4n) is 4.10. The summed E-state index contributed by atoms with van der Waals surface area (Å²) in [5.74, 6) is 1.87. The van der Waals surface area contributed by atoms with Crippen LogP contribution in [0.2, 0.25) is 0 Å². The van der Waals surface area contributed by atoms with Crippen molar-refractivity contribution in [3.63, 3.8) is 0 Å². The Bertz CT molecular complexity index is 194. The summed E-state index contributed by atoms with van der Waals surface area (Å²) < 4.78 is 0. The monoisotopic (exact) mass is 180 g/mol. The third-order valence-electron chi connectivity index (χ3n) is 5.32. The molecule has 2 bridgehead atoms. The molecule has 0 saturated heterocycles. The van der Waals surface area contributed by atoms with Crippen molar-refractivity contribution in [2.24, 2.45) is 22.7 Å². The van der Waals surface area contributed by atoms with Crippen molar-refractivity contribution in [2.45, 2.75) is 59.8 Å². The van der Waals surface area contributed by atoms with Gasteiger partial charge in [-0.25, -0.2) is 0 Å². The highest BCUT2D eigenvalue weighted by atomic mass is 14.6. The maximum atomic E-state index is 2.51. The van der Waals surface area contributed by atoms with Crippen molar-refractivity contribution < 1.29 is 0 Å². The van der Waals surface area contributed by atoms with Crippen molar-refractivity contribution in [3.05, 3.63) is 0 Å². The van der Waals surface area contributed by atoms with Crippen LogP contribution >= 0.6 is 0 Å². The van der Waals surface area contributed by atoms with Gasteiger partial charge in [-0.15, -0.1) is 0 Å². The van der Waals surface area contributed by atoms with Crippen LogP contribution in [-0.2, 0) is 0 Å². The van der Waals surface area contributed by atoms with Gasteiger partial charge >= 0.3 is 0 Å². The Kier molecular flexibility index (Phi) is 2.02. The van der Waals surface area contributed by atoms with Crippen LogP contribution in [0.5, 0.6) is 0 Å². The lowest BCUT2D eigenvalue weighted by Gasteiger charge is -2.58. The van der Waals surface area contributed by atoms with E-state index in [2.05, 4.69) is 27.7 Å². The summed E-state index contributed by atoms with van der Waals surface area (Å²) in [6.07, 6.45) is 7.49. The first-order valence-corrected chi connectivity index (χ1v) is 5.99. The minimum absolute atomic E-state index is 0.718. The van der Waals surface area contributed by atoms with E-state index in [-0.39, 0.29) is 0 Å². The van der Waals surface area contributed by atoms with Gasteiger partial charge in [-0.3, -0.25) is 0 Å². The molecule has 3 rings (SSSR count). The van der Waals surface area contributed by atoms with E-state index in [1.807, 2.05) is 0 Å². The van der Waals surface area contributed by atoms with Gasteiger partial charge in [0.1, 0.15) is 0 Å². The molecule has 0 aromatic heterocycles. The lowest BCUT2D eigenvalue weighted by atomic mass is 9.47. The van der Waals surface area contributed by atoms with Gasteiger partial charge in [-0.05, 0) is 54.8 Å². The molecule has 1 atom stereocenters. The Hall–Kier alpha value is 0. The highest BCUT2D eigenvalue weighted by Gasteiger charge is 2.51. The summed E-state index contributed by atoms with van der Waals surface area (Å²) in [4.78, 5) is 0. The fourth-order valence-corrected chi connectivity index (χ4v) is 4.10. The van der Waals surface area contributed by atoms with Gasteiger partial charge in [0.2, 0.25) is 0 Å². The Morgan fingerprint density at radius 3 is 2.00 bits per heavy atom. The van der Waals surface area contributed by atoms with Gasteiger partial charge in [0, 0.05) is 0 Å². The molecule has 0 aromatic carbocycles. The smallest absolute Gasteiger partial charge is 0.0248 e. The predicted molar refractivity (Wildman–Crippen MR) is 57.6 cm³/mol. The van der Waals surface area contributed by atoms with Gasteiger partial charge in [0.05, 0.1) is 0 Å². The van der Waals surface area contributed by atoms with Crippen LogP contribution in [0.1, 0.15) is 59.8 Å². The number of hydrogen-bond donors (Lipinski definition) is 0. The molecule has 0 aromatic rings. The van der Waals surface area contributed by atoms with E-state index in [0.717, 1.165) is 22.7 Å². The second-order valence-electron chi connectivity index (χ2n) is 6.30. The normalized spacial score (nSPS) is 50.1. The van der Waals surface area contributed by atoms with Crippen LogP contribution in [0.3, 0.4) is 0 Å². The summed E-state index contributed by atoms with van der Waals surface area (Å²) in [7, 11) is 0. The van der Waals surface area contributed by atoms with Gasteiger partial charge in [-0.2, -0.15) is 0 Å². The lowest BCUT2D eigenvalue weighted by Crippen LogP contribution is -2.48. The molecule has 76 valence electrons. The molecule has 13 heavy (non-hydrogen) atoms. The first-order chi connectivity index (χ1) is 5.99. The molecule has 1 unspecified atom stereocenters. The molecule has 3 aliphatic rings. The molecule has 0 N–H and O–H groups in total. The van der Waals surface area contributed by atoms with E-state index in [9.17, 15) is 0 Å². The summed E-state index contributed by atoms with van der Waals surface area (Å²) in [6, 6.07) is 0. The molecule has 0 heterocycles. The van der Waals surface area contributed by atoms with Crippen LogP contribution < -0.4 is 0 Å². The molecule has 0 nitrogen and oxygen atoms in total. The zero-order valence-electron chi connectivity index (χ0n) is 9.69. The molecule has 0 amide bonds. The van der Waals surface area contributed by atoms with Gasteiger partial charge in [0.25, 0.3) is 0 Å². The van der Waals surface area contributed by atoms with Crippen LogP contribution in [0, 0.1) is 22.7 Å². The summed E-state index contributed by atoms with van der Waals surface area (Å²) in [5, 5.41) is 0. The first kappa shape index (κ1) is 9.55. The summed E-state index contributed by atoms with van der Waals surface area (Å²) in [6.45, 7) is 9.87. The second kappa shape index (κ2) is 2.74. The summed E-state index contributed by atoms with van der Waals surface area (Å²) >= 11 is 0. The van der Waals surface area contributed by atoms with Crippen molar-refractivity contribution in [3.8, 4) is 0 Å². The molecule has 0 aliphatic heterocycles. The Labute approximate surface area is 83.1 Å². The van der Waals surface area contributed by atoms with E-state index < -0.39 is 0 Å². The zero-order chi connectivity index (χ0) is 9.69. The molecule has 3 fully saturated rings. The maximum Gasteiger partial charge on any atom is -0.0248 e. The summed E-state index contributed by atoms with van der Waals surface area (Å²) in [5.41, 5.74) is 1.44. The quantitative estimate of drug-likeness (QED) is 0.566. The standard InChI is InChI=1S/C13H24/c1-10(2)13-7-5-12(4,6-8-13)9-11(13)3/h10-11H,5-9H2,1-4H3. The van der Waals surface area contributed by atoms with E-state index in [0.29, 0.717) is 0 Å². The van der Waals surface area contributed by atoms with Crippen molar-refractivity contribution in [2.75, 3.05) is 0 Å². The minimum Gasteiger partial charge on any atom is -0.0622 e. The topological polar surface area (TPSA) is 0 Å². The average molecular weight is 180 g/mol. The van der Waals surface area contributed by atoms with E-state index in [1.54, 1.807) is 0 Å². The third kappa shape index (κ3) is 1.25. The Balaban J connectivity index is 2.24. The van der Waals surface area contributed by atoms with Gasteiger partial charge in [-0.1, -0.05) is 27.7 Å². The number of fused-ring (bicyclic) bond motifs is 3. The zero-order valence-corrected chi connectivity index (χ0v) is 9.69. The average Bonchev–Trinajstić information content (AvgIpc) is 2.03. The second-order valence-corrected chi connectivity index (χ2v) is 6.30. The number of hydrogen-bond acceptors (Lipinski definition) is 0. The van der Waals surface area contributed by atoms with Gasteiger partial charge < -0.3 is 0 Å². The van der Waals surface area contributed by atoms with E-state index in [1.165, 1.54) is 32.1 Å². The first-order valence-electron chi connectivity index (χ1n) is 5.99. The molecular formula is C13H24. The fraction of sp³-hybridized carbons (Fsp3) is 1.00. The lowest BCUT2D eigenvalue weighted by molar-refractivity contribution is -0.0771. The Morgan fingerprint density at radius 1 is 1.08 bits per heavy atom. The van der Waals surface area contributed by atoms with E-state index in [4.69, 9.17) is 0 Å². The van der Waals surface area contributed by atoms with Gasteiger partial charge in [0.15, 0.2) is 0 Å². The van der Waals surface area contributed by atoms with Crippen LogP contribution in [-0.4, -0.2) is 0 Å². The van der Waals surface area contributed by atoms with Crippen molar-refractivity contribution in [1.82, 2.24) is 0 Å². The minimum atomic E-state index is 0.718. The van der Waals surface area contributed by atoms with Crippen LogP contribution in [0.15, 0.2) is 0 Å². The molecule has 0 radical (unpaired) electrons. The largest absolute Gasteiger partial charge is 0.0622 e. The predicted octanol–water partition coefficient (Wildman–Crippen LogP) is 4.25. The van der Waals surface area contributed by atoms with Crippen molar-refractivity contribution in [1.29, 1.82) is 0 Å². The highest BCUT2D eigenvalue weighted by Crippen LogP contribution is 2.62. The molecule has 3 saturated carbocycles. The Morgan fingerprint density at radius 2 is 1.62 bits per heavy atom. The highest BCUT2D eigenvalue weighted by molar-refractivity contribution is 5.01. The molecule has 3 aliphatic carbocycles. The third-order valence-corrected chi connectivity index (χ3v) is 5.32. The SMILES string of the molecule is CC(C)C12CCC(C)(CC1)CC2C. The number of rotatable bonds is 1. The van der Waals surface area contributed by atoms with E-state index >= 15 is 0 Å². The molecule has 0 heteroatoms. The molecule has 0 spiro atoms. The van der Waals surface area contributed by atoms with Crippen LogP contribution in [0.25, 0.3) is 0 Å². The molecular weight excluding hydrogens is 156 g/mol. The van der Waals surface area contributed by atoms with Crippen LogP contribution in [0.4, 0.5) is 0 Å².